The number of carbonyl (C=O) groups excluding carboxylic acids is 1. The number of nitrogens with zero attached hydrogens (tertiary/aromatic N) is 3. The molecule has 8 heteroatoms. The van der Waals surface area contributed by atoms with Gasteiger partial charge in [-0.15, -0.1) is 5.10 Å². The molecule has 0 radical (unpaired) electrons. The zero-order valence-corrected chi connectivity index (χ0v) is 23.7. The number of benzene rings is 3. The van der Waals surface area contributed by atoms with E-state index in [4.69, 9.17) is 10.1 Å². The number of hydrogen-bond acceptors (Lipinski definition) is 5. The number of carbonyl (C=O) groups is 1. The third kappa shape index (κ3) is 5.60. The quantitative estimate of drug-likeness (QED) is 0.244. The first-order valence-electron chi connectivity index (χ1n) is 12.3. The Morgan fingerprint density at radius 3 is 2.59 bits per heavy atom. The number of aromatic nitrogens is 3. The Labute approximate surface area is 230 Å². The molecule has 1 aromatic heterocycles. The Hall–Kier alpha value is -3.10. The van der Waals surface area contributed by atoms with Gasteiger partial charge in [-0.3, -0.25) is 4.79 Å². The van der Waals surface area contributed by atoms with Crippen LogP contribution in [-0.4, -0.2) is 26.7 Å². The van der Waals surface area contributed by atoms with Gasteiger partial charge in [0.25, 0.3) is 0 Å². The van der Waals surface area contributed by atoms with E-state index in [0.717, 1.165) is 32.6 Å². The van der Waals surface area contributed by atoms with Gasteiger partial charge in [-0.2, -0.15) is 4.98 Å². The van der Waals surface area contributed by atoms with Crippen molar-refractivity contribution in [1.82, 2.24) is 14.8 Å². The summed E-state index contributed by atoms with van der Waals surface area (Å²) in [6.07, 6.45) is 0. The highest BCUT2D eigenvalue weighted by molar-refractivity contribution is 9.10. The third-order valence-electron chi connectivity index (χ3n) is 6.69. The Morgan fingerprint density at radius 1 is 1.05 bits per heavy atom. The van der Waals surface area contributed by atoms with Crippen LogP contribution in [0, 0.1) is 26.7 Å². The van der Waals surface area contributed by atoms with Gasteiger partial charge in [-0.1, -0.05) is 87.3 Å². The standard InChI is InChI=1S/C29H30BrN5OS/c1-17-7-5-8-21(14-17)16-37-29-33-28-31-20(4)25(27(36)32-24-12-11-18(2)13-19(24)3)26(35(28)34-29)22-9-6-10-23(30)15-22/h5-15,20,25-26H,16H2,1-4H3,(H,32,36)(H,31,33,34). The summed E-state index contributed by atoms with van der Waals surface area (Å²) in [4.78, 5) is 18.6. The van der Waals surface area contributed by atoms with E-state index >= 15 is 0 Å². The molecule has 1 amide bonds. The lowest BCUT2D eigenvalue weighted by Crippen LogP contribution is -2.46. The van der Waals surface area contributed by atoms with E-state index in [1.165, 1.54) is 11.1 Å². The van der Waals surface area contributed by atoms with Crippen LogP contribution in [0.4, 0.5) is 11.6 Å². The molecule has 1 aliphatic heterocycles. The van der Waals surface area contributed by atoms with Crippen molar-refractivity contribution in [3.63, 3.8) is 0 Å². The normalized spacial score (nSPS) is 18.7. The average molecular weight is 577 g/mol. The number of fused-ring (bicyclic) bond motifs is 1. The number of halogens is 1. The molecular formula is C29H30BrN5OS. The molecule has 0 saturated heterocycles. The minimum atomic E-state index is -0.404. The molecule has 2 N–H and O–H groups in total. The zero-order valence-electron chi connectivity index (χ0n) is 21.3. The van der Waals surface area contributed by atoms with Crippen LogP contribution in [0.2, 0.25) is 0 Å². The lowest BCUT2D eigenvalue weighted by atomic mass is 9.85. The summed E-state index contributed by atoms with van der Waals surface area (Å²) in [5.41, 5.74) is 6.50. The Bertz CT molecular complexity index is 1450. The first kappa shape index (κ1) is 25.5. The second-order valence-electron chi connectivity index (χ2n) is 9.71. The largest absolute Gasteiger partial charge is 0.351 e. The third-order valence-corrected chi connectivity index (χ3v) is 8.10. The molecule has 190 valence electrons. The molecule has 5 rings (SSSR count). The number of thioether (sulfide) groups is 1. The van der Waals surface area contributed by atoms with E-state index < -0.39 is 5.92 Å². The molecule has 0 spiro atoms. The van der Waals surface area contributed by atoms with Gasteiger partial charge in [0.2, 0.25) is 17.0 Å². The van der Waals surface area contributed by atoms with Gasteiger partial charge in [0.1, 0.15) is 0 Å². The Morgan fingerprint density at radius 2 is 1.84 bits per heavy atom. The maximum atomic E-state index is 13.8. The first-order chi connectivity index (χ1) is 17.8. The highest BCUT2D eigenvalue weighted by Gasteiger charge is 2.42. The van der Waals surface area contributed by atoms with E-state index in [0.29, 0.717) is 11.1 Å². The van der Waals surface area contributed by atoms with Crippen LogP contribution in [0.3, 0.4) is 0 Å². The van der Waals surface area contributed by atoms with Crippen LogP contribution in [0.5, 0.6) is 0 Å². The van der Waals surface area contributed by atoms with Gasteiger partial charge in [0.05, 0.1) is 12.0 Å². The molecule has 2 heterocycles. The summed E-state index contributed by atoms with van der Waals surface area (Å²) in [5.74, 6) is 1.00. The minimum absolute atomic E-state index is 0.0490. The minimum Gasteiger partial charge on any atom is -0.351 e. The van der Waals surface area contributed by atoms with Crippen molar-refractivity contribution < 1.29 is 4.79 Å². The van der Waals surface area contributed by atoms with E-state index in [9.17, 15) is 4.79 Å². The first-order valence-corrected chi connectivity index (χ1v) is 14.1. The van der Waals surface area contributed by atoms with Crippen LogP contribution in [0.25, 0.3) is 0 Å². The van der Waals surface area contributed by atoms with E-state index in [2.05, 4.69) is 82.9 Å². The predicted octanol–water partition coefficient (Wildman–Crippen LogP) is 6.92. The van der Waals surface area contributed by atoms with Crippen LogP contribution in [0.15, 0.2) is 76.4 Å². The topological polar surface area (TPSA) is 71.8 Å². The molecule has 6 nitrogen and oxygen atoms in total. The predicted molar refractivity (Wildman–Crippen MR) is 154 cm³/mol. The molecule has 3 atom stereocenters. The van der Waals surface area contributed by atoms with Crippen molar-refractivity contribution in [2.24, 2.45) is 5.92 Å². The van der Waals surface area contributed by atoms with Gasteiger partial charge < -0.3 is 10.6 Å². The van der Waals surface area contributed by atoms with E-state index in [1.807, 2.05) is 42.8 Å². The molecule has 0 fully saturated rings. The van der Waals surface area contributed by atoms with Gasteiger partial charge in [-0.05, 0) is 62.6 Å². The number of nitrogens with one attached hydrogen (secondary N) is 2. The second-order valence-corrected chi connectivity index (χ2v) is 11.6. The van der Waals surface area contributed by atoms with Crippen LogP contribution < -0.4 is 10.6 Å². The number of anilines is 2. The Balaban J connectivity index is 1.48. The summed E-state index contributed by atoms with van der Waals surface area (Å²) in [6.45, 7) is 8.20. The highest BCUT2D eigenvalue weighted by Crippen LogP contribution is 2.39. The van der Waals surface area contributed by atoms with Crippen LogP contribution in [-0.2, 0) is 10.5 Å². The molecule has 1 aliphatic rings. The van der Waals surface area contributed by atoms with Gasteiger partial charge in [0, 0.05) is 22.0 Å². The zero-order chi connectivity index (χ0) is 26.1. The number of aryl methyl sites for hydroxylation is 3. The van der Waals surface area contributed by atoms with Crippen molar-refractivity contribution in [2.45, 2.75) is 50.7 Å². The number of hydrogen-bond donors (Lipinski definition) is 2. The summed E-state index contributed by atoms with van der Waals surface area (Å²) >= 11 is 5.21. The van der Waals surface area contributed by atoms with Crippen LogP contribution in [0.1, 0.15) is 40.8 Å². The molecule has 3 aromatic carbocycles. The lowest BCUT2D eigenvalue weighted by Gasteiger charge is -2.37. The molecule has 37 heavy (non-hydrogen) atoms. The molecule has 0 bridgehead atoms. The number of rotatable bonds is 6. The van der Waals surface area contributed by atoms with Gasteiger partial charge in [0.15, 0.2) is 0 Å². The summed E-state index contributed by atoms with van der Waals surface area (Å²) in [7, 11) is 0. The fraction of sp³-hybridized carbons (Fsp3) is 0.276. The molecule has 0 aliphatic carbocycles. The SMILES string of the molecule is Cc1cccc(CSc2nc3n(n2)C(c2cccc(Br)c2)C(C(=O)Nc2ccc(C)cc2C)C(C)N3)c1. The van der Waals surface area contributed by atoms with Crippen molar-refractivity contribution in [3.8, 4) is 0 Å². The second kappa shape index (κ2) is 10.7. The van der Waals surface area contributed by atoms with Crippen molar-refractivity contribution >= 4 is 45.2 Å². The van der Waals surface area contributed by atoms with Crippen molar-refractivity contribution in [1.29, 1.82) is 0 Å². The maximum absolute atomic E-state index is 13.8. The van der Waals surface area contributed by atoms with Crippen molar-refractivity contribution in [3.05, 3.63) is 99.0 Å². The van der Waals surface area contributed by atoms with Crippen LogP contribution >= 0.6 is 27.7 Å². The highest BCUT2D eigenvalue weighted by atomic mass is 79.9. The van der Waals surface area contributed by atoms with E-state index in [1.54, 1.807) is 11.8 Å². The molecular weight excluding hydrogens is 546 g/mol. The lowest BCUT2D eigenvalue weighted by molar-refractivity contribution is -0.121. The summed E-state index contributed by atoms with van der Waals surface area (Å²) < 4.78 is 2.84. The number of amides is 1. The van der Waals surface area contributed by atoms with Gasteiger partial charge >= 0.3 is 0 Å². The summed E-state index contributed by atoms with van der Waals surface area (Å²) in [5, 5.41) is 12.2. The fourth-order valence-electron chi connectivity index (χ4n) is 4.91. The fourth-order valence-corrected chi connectivity index (χ4v) is 6.09. The molecule has 4 aromatic rings. The van der Waals surface area contributed by atoms with E-state index in [-0.39, 0.29) is 18.0 Å². The molecule has 3 unspecified atom stereocenters. The maximum Gasteiger partial charge on any atom is 0.232 e. The monoisotopic (exact) mass is 575 g/mol. The summed E-state index contributed by atoms with van der Waals surface area (Å²) in [6, 6.07) is 22.2. The smallest absolute Gasteiger partial charge is 0.232 e. The molecule has 0 saturated carbocycles. The van der Waals surface area contributed by atoms with Crippen molar-refractivity contribution in [2.75, 3.05) is 10.6 Å². The van der Waals surface area contributed by atoms with Gasteiger partial charge in [-0.25, -0.2) is 4.68 Å². The average Bonchev–Trinajstić information content (AvgIpc) is 3.26. The Kier molecular flexibility index (Phi) is 7.40.